The lowest BCUT2D eigenvalue weighted by Crippen LogP contribution is -2.53. The van der Waals surface area contributed by atoms with E-state index in [0.717, 1.165) is 12.8 Å². The summed E-state index contributed by atoms with van der Waals surface area (Å²) in [5.74, 6) is 0.959. The van der Waals surface area contributed by atoms with E-state index in [1.54, 1.807) is 6.92 Å². The molecule has 98 valence electrons. The van der Waals surface area contributed by atoms with Gasteiger partial charge in [-0.05, 0) is 43.4 Å². The number of Topliss-reactive ketones (excluding diaryl/α,β-unsaturated/α-hetero) is 1. The lowest BCUT2D eigenvalue weighted by atomic mass is 9.53. The highest BCUT2D eigenvalue weighted by atomic mass is 16.3. The molecule has 0 aliphatic heterocycles. The topological polar surface area (TPSA) is 37.3 Å². The van der Waals surface area contributed by atoms with Gasteiger partial charge in [0.2, 0.25) is 0 Å². The highest BCUT2D eigenvalue weighted by Gasteiger charge is 2.63. The average molecular weight is 238 g/mol. The standard InChI is InChI=1S/C15H26O2/c1-10-7-13(3,4)9-15(8-10)11(2)6-12(16)14(15,5)17/h10-11,17H,6-9H2,1-5H3/t10-,11-,14+,15+/m1/s1. The number of aliphatic hydroxyl groups is 1. The van der Waals surface area contributed by atoms with E-state index in [4.69, 9.17) is 0 Å². The van der Waals surface area contributed by atoms with Crippen LogP contribution in [0.15, 0.2) is 0 Å². The second-order valence-corrected chi connectivity index (χ2v) is 7.61. The minimum atomic E-state index is -1.11. The largest absolute Gasteiger partial charge is 0.382 e. The van der Waals surface area contributed by atoms with Crippen molar-refractivity contribution in [3.05, 3.63) is 0 Å². The Bertz CT molecular complexity index is 343. The molecule has 0 heterocycles. The van der Waals surface area contributed by atoms with Crippen LogP contribution in [0.1, 0.15) is 60.3 Å². The van der Waals surface area contributed by atoms with E-state index < -0.39 is 5.60 Å². The molecule has 0 aromatic carbocycles. The lowest BCUT2D eigenvalue weighted by molar-refractivity contribution is -0.152. The van der Waals surface area contributed by atoms with Crippen molar-refractivity contribution in [2.45, 2.75) is 65.9 Å². The van der Waals surface area contributed by atoms with Gasteiger partial charge in [0.25, 0.3) is 0 Å². The molecular formula is C15H26O2. The molecule has 1 spiro atoms. The van der Waals surface area contributed by atoms with E-state index in [-0.39, 0.29) is 16.6 Å². The summed E-state index contributed by atoms with van der Waals surface area (Å²) in [4.78, 5) is 12.0. The molecule has 17 heavy (non-hydrogen) atoms. The third kappa shape index (κ3) is 1.76. The zero-order valence-corrected chi connectivity index (χ0v) is 11.8. The van der Waals surface area contributed by atoms with Gasteiger partial charge in [0.15, 0.2) is 5.78 Å². The second kappa shape index (κ2) is 3.57. The molecule has 0 aromatic rings. The fourth-order valence-corrected chi connectivity index (χ4v) is 4.81. The summed E-state index contributed by atoms with van der Waals surface area (Å²) in [6.45, 7) is 10.7. The molecule has 0 unspecified atom stereocenters. The smallest absolute Gasteiger partial charge is 0.164 e. The summed E-state index contributed by atoms with van der Waals surface area (Å²) >= 11 is 0. The second-order valence-electron chi connectivity index (χ2n) is 7.61. The van der Waals surface area contributed by atoms with Crippen LogP contribution in [0.25, 0.3) is 0 Å². The molecule has 2 heteroatoms. The Morgan fingerprint density at radius 2 is 1.76 bits per heavy atom. The predicted molar refractivity (Wildman–Crippen MR) is 68.6 cm³/mol. The quantitative estimate of drug-likeness (QED) is 0.703. The van der Waals surface area contributed by atoms with Crippen LogP contribution in [0.5, 0.6) is 0 Å². The van der Waals surface area contributed by atoms with Gasteiger partial charge in [0, 0.05) is 11.8 Å². The minimum Gasteiger partial charge on any atom is -0.382 e. The lowest BCUT2D eigenvalue weighted by Gasteiger charge is -2.52. The SMILES string of the molecule is C[C@@H]1CC(C)(C)C[C@@]2(C1)[C@H](C)CC(=O)[C@]2(C)O. The molecule has 0 amide bonds. The van der Waals surface area contributed by atoms with Crippen molar-refractivity contribution in [3.63, 3.8) is 0 Å². The zero-order valence-electron chi connectivity index (χ0n) is 11.8. The van der Waals surface area contributed by atoms with Crippen molar-refractivity contribution in [1.82, 2.24) is 0 Å². The van der Waals surface area contributed by atoms with E-state index >= 15 is 0 Å². The maximum atomic E-state index is 12.0. The van der Waals surface area contributed by atoms with Crippen molar-refractivity contribution in [2.75, 3.05) is 0 Å². The van der Waals surface area contributed by atoms with E-state index in [1.807, 2.05) is 0 Å². The van der Waals surface area contributed by atoms with Crippen LogP contribution in [0.4, 0.5) is 0 Å². The third-order valence-electron chi connectivity index (χ3n) is 5.36. The van der Waals surface area contributed by atoms with Gasteiger partial charge in [0.05, 0.1) is 0 Å². The van der Waals surface area contributed by atoms with Crippen LogP contribution in [0.2, 0.25) is 0 Å². The number of hydrogen-bond acceptors (Lipinski definition) is 2. The molecular weight excluding hydrogens is 212 g/mol. The van der Waals surface area contributed by atoms with E-state index in [2.05, 4.69) is 27.7 Å². The van der Waals surface area contributed by atoms with Crippen LogP contribution in [0, 0.1) is 22.7 Å². The molecule has 0 radical (unpaired) electrons. The average Bonchev–Trinajstić information content (AvgIpc) is 2.25. The van der Waals surface area contributed by atoms with Crippen LogP contribution in [-0.4, -0.2) is 16.5 Å². The highest BCUT2D eigenvalue weighted by Crippen LogP contribution is 2.61. The van der Waals surface area contributed by atoms with Crippen LogP contribution < -0.4 is 0 Å². The van der Waals surface area contributed by atoms with Gasteiger partial charge in [-0.15, -0.1) is 0 Å². The maximum absolute atomic E-state index is 12.0. The summed E-state index contributed by atoms with van der Waals surface area (Å²) < 4.78 is 0. The van der Waals surface area contributed by atoms with Gasteiger partial charge >= 0.3 is 0 Å². The molecule has 0 bridgehead atoms. The summed E-state index contributed by atoms with van der Waals surface area (Å²) in [6, 6.07) is 0. The first-order valence-electron chi connectivity index (χ1n) is 6.86. The molecule has 2 aliphatic carbocycles. The van der Waals surface area contributed by atoms with Crippen molar-refractivity contribution < 1.29 is 9.90 Å². The van der Waals surface area contributed by atoms with Gasteiger partial charge in [-0.25, -0.2) is 0 Å². The number of ketones is 1. The summed E-state index contributed by atoms with van der Waals surface area (Å²) in [7, 11) is 0. The molecule has 2 rings (SSSR count). The summed E-state index contributed by atoms with van der Waals surface area (Å²) in [5, 5.41) is 10.7. The molecule has 2 aliphatic rings. The van der Waals surface area contributed by atoms with E-state index in [1.165, 1.54) is 6.42 Å². The van der Waals surface area contributed by atoms with Crippen molar-refractivity contribution >= 4 is 5.78 Å². The Hall–Kier alpha value is -0.370. The molecule has 2 nitrogen and oxygen atoms in total. The van der Waals surface area contributed by atoms with Crippen molar-refractivity contribution in [1.29, 1.82) is 0 Å². The number of rotatable bonds is 0. The van der Waals surface area contributed by atoms with Gasteiger partial charge in [-0.2, -0.15) is 0 Å². The molecule has 2 saturated carbocycles. The maximum Gasteiger partial charge on any atom is 0.164 e. The fraction of sp³-hybridized carbons (Fsp3) is 0.933. The Morgan fingerprint density at radius 1 is 1.18 bits per heavy atom. The summed E-state index contributed by atoms with van der Waals surface area (Å²) in [5.41, 5.74) is -1.07. The van der Waals surface area contributed by atoms with Crippen molar-refractivity contribution in [3.8, 4) is 0 Å². The number of hydrogen-bond donors (Lipinski definition) is 1. The molecule has 0 saturated heterocycles. The van der Waals surface area contributed by atoms with Crippen LogP contribution >= 0.6 is 0 Å². The van der Waals surface area contributed by atoms with Gasteiger partial charge in [-0.1, -0.05) is 27.7 Å². The Balaban J connectivity index is 2.43. The monoisotopic (exact) mass is 238 g/mol. The molecule has 0 aromatic heterocycles. The highest BCUT2D eigenvalue weighted by molar-refractivity contribution is 5.90. The normalized spacial score (nSPS) is 49.9. The van der Waals surface area contributed by atoms with Gasteiger partial charge in [0.1, 0.15) is 5.60 Å². The Morgan fingerprint density at radius 3 is 2.18 bits per heavy atom. The first-order chi connectivity index (χ1) is 7.61. The van der Waals surface area contributed by atoms with Gasteiger partial charge < -0.3 is 5.11 Å². The number of carbonyl (C=O) groups is 1. The Kier molecular flexibility index (Phi) is 2.74. The van der Waals surface area contributed by atoms with Gasteiger partial charge in [-0.3, -0.25) is 4.79 Å². The predicted octanol–water partition coefficient (Wildman–Crippen LogP) is 3.18. The molecule has 4 atom stereocenters. The number of carbonyl (C=O) groups excluding carboxylic acids is 1. The minimum absolute atomic E-state index is 0.0508. The van der Waals surface area contributed by atoms with Crippen LogP contribution in [-0.2, 0) is 4.79 Å². The van der Waals surface area contributed by atoms with Crippen LogP contribution in [0.3, 0.4) is 0 Å². The molecule has 2 fully saturated rings. The zero-order chi connectivity index (χ0) is 13.1. The van der Waals surface area contributed by atoms with E-state index in [0.29, 0.717) is 18.3 Å². The third-order valence-corrected chi connectivity index (χ3v) is 5.36. The van der Waals surface area contributed by atoms with Crippen molar-refractivity contribution in [2.24, 2.45) is 22.7 Å². The van der Waals surface area contributed by atoms with E-state index in [9.17, 15) is 9.90 Å². The summed E-state index contributed by atoms with van der Waals surface area (Å²) in [6.07, 6.45) is 3.72. The first kappa shape index (κ1) is 13.1. The Labute approximate surface area is 105 Å². The first-order valence-corrected chi connectivity index (χ1v) is 6.86. The fourth-order valence-electron chi connectivity index (χ4n) is 4.81. The molecule has 1 N–H and O–H groups in total.